The molecule has 0 aliphatic rings. The average molecular weight is 295 g/mol. The Balaban J connectivity index is 2.51. The lowest BCUT2D eigenvalue weighted by Gasteiger charge is -2.12. The molecule has 1 rings (SSSR count). The molecule has 6 nitrogen and oxygen atoms in total. The van der Waals surface area contributed by atoms with E-state index in [2.05, 4.69) is 21.5 Å². The fraction of sp³-hybridized carbons (Fsp3) is 0.462. The van der Waals surface area contributed by atoms with Gasteiger partial charge in [-0.1, -0.05) is 19.3 Å². The van der Waals surface area contributed by atoms with Gasteiger partial charge in [0.15, 0.2) is 0 Å². The zero-order valence-corrected chi connectivity index (χ0v) is 12.2. The van der Waals surface area contributed by atoms with Crippen LogP contribution in [0, 0.1) is 19.3 Å². The van der Waals surface area contributed by atoms with E-state index in [-0.39, 0.29) is 23.5 Å². The summed E-state index contributed by atoms with van der Waals surface area (Å²) >= 11 is 1.05. The summed E-state index contributed by atoms with van der Waals surface area (Å²) < 4.78 is 0. The molecule has 0 aliphatic carbocycles. The molecule has 0 saturated heterocycles. The van der Waals surface area contributed by atoms with E-state index in [9.17, 15) is 9.59 Å². The van der Waals surface area contributed by atoms with Gasteiger partial charge < -0.3 is 15.7 Å². The molecule has 0 saturated carbocycles. The number of carbonyl (C=O) groups excluding carboxylic acids is 1. The van der Waals surface area contributed by atoms with E-state index in [0.717, 1.165) is 17.8 Å². The molecule has 2 amide bonds. The number of nitrogens with zero attached hydrogens (tertiary/aromatic N) is 1. The Morgan fingerprint density at radius 2 is 2.25 bits per heavy atom. The molecule has 1 atom stereocenters. The van der Waals surface area contributed by atoms with Crippen LogP contribution in [0.5, 0.6) is 0 Å². The van der Waals surface area contributed by atoms with Crippen LogP contribution in [-0.2, 0) is 6.54 Å². The highest BCUT2D eigenvalue weighted by molar-refractivity contribution is 7.13. The van der Waals surface area contributed by atoms with Gasteiger partial charge in [-0.3, -0.25) is 0 Å². The van der Waals surface area contributed by atoms with E-state index < -0.39 is 5.97 Å². The van der Waals surface area contributed by atoms with E-state index in [1.807, 2.05) is 6.92 Å². The number of amides is 2. The molecule has 108 valence electrons. The van der Waals surface area contributed by atoms with Crippen molar-refractivity contribution in [2.24, 2.45) is 0 Å². The van der Waals surface area contributed by atoms with Gasteiger partial charge in [0.2, 0.25) is 0 Å². The number of carboxylic acid groups (broad SMARTS) is 1. The molecule has 1 heterocycles. The van der Waals surface area contributed by atoms with Crippen molar-refractivity contribution in [1.82, 2.24) is 15.6 Å². The summed E-state index contributed by atoms with van der Waals surface area (Å²) in [6.07, 6.45) is 6.89. The van der Waals surface area contributed by atoms with E-state index in [0.29, 0.717) is 17.1 Å². The van der Waals surface area contributed by atoms with Crippen molar-refractivity contribution in [1.29, 1.82) is 0 Å². The van der Waals surface area contributed by atoms with Crippen LogP contribution in [0.1, 0.15) is 40.1 Å². The van der Waals surface area contributed by atoms with Crippen LogP contribution in [0.2, 0.25) is 0 Å². The Labute approximate surface area is 121 Å². The highest BCUT2D eigenvalue weighted by Gasteiger charge is 2.14. The number of terminal acetylenes is 1. The zero-order valence-electron chi connectivity index (χ0n) is 11.4. The van der Waals surface area contributed by atoms with Crippen molar-refractivity contribution in [2.75, 3.05) is 0 Å². The lowest BCUT2D eigenvalue weighted by Crippen LogP contribution is -2.41. The second-order valence-corrected chi connectivity index (χ2v) is 5.25. The first-order chi connectivity index (χ1) is 9.47. The summed E-state index contributed by atoms with van der Waals surface area (Å²) in [4.78, 5) is 26.8. The predicted molar refractivity (Wildman–Crippen MR) is 76.7 cm³/mol. The van der Waals surface area contributed by atoms with Gasteiger partial charge in [-0.25, -0.2) is 14.6 Å². The molecule has 1 aromatic rings. The minimum atomic E-state index is -1.01. The van der Waals surface area contributed by atoms with Crippen molar-refractivity contribution in [3.05, 3.63) is 15.6 Å². The molecule has 7 heteroatoms. The summed E-state index contributed by atoms with van der Waals surface area (Å²) in [5, 5.41) is 14.7. The third kappa shape index (κ3) is 4.55. The zero-order chi connectivity index (χ0) is 15.1. The number of hydrogen-bond acceptors (Lipinski definition) is 4. The van der Waals surface area contributed by atoms with Gasteiger partial charge in [0.25, 0.3) is 0 Å². The van der Waals surface area contributed by atoms with Crippen LogP contribution in [0.15, 0.2) is 0 Å². The molecular weight excluding hydrogens is 278 g/mol. The van der Waals surface area contributed by atoms with Gasteiger partial charge in [0.1, 0.15) is 9.88 Å². The van der Waals surface area contributed by atoms with Crippen molar-refractivity contribution >= 4 is 23.3 Å². The topological polar surface area (TPSA) is 91.3 Å². The monoisotopic (exact) mass is 295 g/mol. The first-order valence-electron chi connectivity index (χ1n) is 6.18. The maximum atomic E-state index is 11.6. The summed E-state index contributed by atoms with van der Waals surface area (Å²) in [6.45, 7) is 3.78. The Bertz CT molecular complexity index is 533. The van der Waals surface area contributed by atoms with E-state index in [1.54, 1.807) is 6.92 Å². The van der Waals surface area contributed by atoms with Crippen LogP contribution in [0.25, 0.3) is 0 Å². The summed E-state index contributed by atoms with van der Waals surface area (Å²) in [7, 11) is 0. The van der Waals surface area contributed by atoms with Gasteiger partial charge in [-0.2, -0.15) is 0 Å². The second-order valence-electron chi connectivity index (χ2n) is 4.16. The standard InChI is InChI=1S/C13H17N3O3S/c1-4-6-9(5-2)16-13(19)14-7-10-15-8(3)11(20-10)12(17)18/h2,9H,4,6-7H2,1,3H3,(H,17,18)(H2,14,16,19). The normalized spacial score (nSPS) is 11.4. The first-order valence-corrected chi connectivity index (χ1v) is 6.99. The molecule has 0 bridgehead atoms. The maximum absolute atomic E-state index is 11.6. The number of urea groups is 1. The summed E-state index contributed by atoms with van der Waals surface area (Å²) in [5.41, 5.74) is 0.451. The van der Waals surface area contributed by atoms with E-state index in [1.165, 1.54) is 0 Å². The molecule has 1 unspecified atom stereocenters. The SMILES string of the molecule is C#CC(CCC)NC(=O)NCc1nc(C)c(C(=O)O)s1. The number of aromatic carboxylic acids is 1. The van der Waals surface area contributed by atoms with Crippen LogP contribution in [0.4, 0.5) is 4.79 Å². The van der Waals surface area contributed by atoms with Gasteiger partial charge in [0, 0.05) is 0 Å². The Hall–Kier alpha value is -2.07. The molecule has 0 spiro atoms. The average Bonchev–Trinajstić information content (AvgIpc) is 2.77. The number of hydrogen-bond donors (Lipinski definition) is 3. The van der Waals surface area contributed by atoms with Crippen LogP contribution >= 0.6 is 11.3 Å². The predicted octanol–water partition coefficient (Wildman–Crippen LogP) is 1.75. The molecule has 0 aliphatic heterocycles. The molecule has 3 N–H and O–H groups in total. The molecule has 0 aromatic carbocycles. The number of carbonyl (C=O) groups is 2. The number of thiazole rings is 1. The van der Waals surface area contributed by atoms with Gasteiger partial charge in [-0.15, -0.1) is 17.8 Å². The smallest absolute Gasteiger partial charge is 0.347 e. The van der Waals surface area contributed by atoms with Gasteiger partial charge in [0.05, 0.1) is 18.3 Å². The fourth-order valence-electron chi connectivity index (χ4n) is 1.58. The lowest BCUT2D eigenvalue weighted by atomic mass is 10.2. The van der Waals surface area contributed by atoms with Crippen LogP contribution < -0.4 is 10.6 Å². The molecular formula is C13H17N3O3S. The molecule has 1 aromatic heterocycles. The maximum Gasteiger partial charge on any atom is 0.347 e. The Morgan fingerprint density at radius 3 is 2.75 bits per heavy atom. The molecule has 20 heavy (non-hydrogen) atoms. The minimum absolute atomic E-state index is 0.175. The van der Waals surface area contributed by atoms with Crippen molar-refractivity contribution < 1.29 is 14.7 Å². The van der Waals surface area contributed by atoms with E-state index >= 15 is 0 Å². The second kappa shape index (κ2) is 7.50. The lowest BCUT2D eigenvalue weighted by molar-refractivity contribution is 0.0701. The third-order valence-electron chi connectivity index (χ3n) is 2.52. The van der Waals surface area contributed by atoms with Crippen molar-refractivity contribution in [3.63, 3.8) is 0 Å². The number of carboxylic acids is 1. The molecule has 0 fully saturated rings. The van der Waals surface area contributed by atoms with Crippen LogP contribution in [-0.4, -0.2) is 28.1 Å². The van der Waals surface area contributed by atoms with Gasteiger partial charge in [-0.05, 0) is 13.3 Å². The first kappa shape index (κ1) is 16.0. The number of nitrogens with one attached hydrogen (secondary N) is 2. The number of aryl methyl sites for hydroxylation is 1. The highest BCUT2D eigenvalue weighted by Crippen LogP contribution is 2.17. The van der Waals surface area contributed by atoms with Crippen molar-refractivity contribution in [2.45, 2.75) is 39.3 Å². The Morgan fingerprint density at radius 1 is 1.55 bits per heavy atom. The Kier molecular flexibility index (Phi) is 6.00. The quantitative estimate of drug-likeness (QED) is 0.697. The summed E-state index contributed by atoms with van der Waals surface area (Å²) in [5.74, 6) is 1.49. The van der Waals surface area contributed by atoms with Gasteiger partial charge >= 0.3 is 12.0 Å². The van der Waals surface area contributed by atoms with Crippen molar-refractivity contribution in [3.8, 4) is 12.3 Å². The minimum Gasteiger partial charge on any atom is -0.477 e. The number of rotatable bonds is 6. The summed E-state index contributed by atoms with van der Waals surface area (Å²) in [6, 6.07) is -0.682. The third-order valence-corrected chi connectivity index (χ3v) is 3.66. The van der Waals surface area contributed by atoms with E-state index in [4.69, 9.17) is 11.5 Å². The highest BCUT2D eigenvalue weighted by atomic mass is 32.1. The number of aromatic nitrogens is 1. The largest absolute Gasteiger partial charge is 0.477 e. The fourth-order valence-corrected chi connectivity index (χ4v) is 2.42. The molecule has 0 radical (unpaired) electrons. The van der Waals surface area contributed by atoms with Crippen LogP contribution in [0.3, 0.4) is 0 Å².